The Labute approximate surface area is 104 Å². The number of halogens is 2. The van der Waals surface area contributed by atoms with Gasteiger partial charge in [0, 0.05) is 37.1 Å². The summed E-state index contributed by atoms with van der Waals surface area (Å²) in [5.74, 6) is -1.05. The van der Waals surface area contributed by atoms with Crippen LogP contribution in [-0.2, 0) is 13.1 Å². The number of benzene rings is 1. The number of hydrogen-bond donors (Lipinski definition) is 1. The second kappa shape index (κ2) is 6.26. The highest BCUT2D eigenvalue weighted by Gasteiger charge is 2.02. The molecule has 1 heterocycles. The third kappa shape index (κ3) is 3.63. The predicted octanol–water partition coefficient (Wildman–Crippen LogP) is 2.34. The average molecular weight is 251 g/mol. The van der Waals surface area contributed by atoms with Crippen molar-refractivity contribution in [2.75, 3.05) is 6.54 Å². The average Bonchev–Trinajstić information content (AvgIpc) is 2.84. The normalized spacial score (nSPS) is 10.8. The Kier molecular flexibility index (Phi) is 4.41. The Bertz CT molecular complexity index is 483. The molecule has 0 unspecified atom stereocenters. The van der Waals surface area contributed by atoms with Crippen LogP contribution in [0, 0.1) is 11.6 Å². The number of aromatic nitrogens is 2. The zero-order valence-electron chi connectivity index (χ0n) is 9.94. The molecule has 96 valence electrons. The van der Waals surface area contributed by atoms with Gasteiger partial charge in [-0.1, -0.05) is 6.07 Å². The van der Waals surface area contributed by atoms with E-state index in [9.17, 15) is 8.78 Å². The van der Waals surface area contributed by atoms with Crippen LogP contribution in [0.25, 0.3) is 0 Å². The quantitative estimate of drug-likeness (QED) is 0.799. The van der Waals surface area contributed by atoms with Crippen LogP contribution < -0.4 is 5.32 Å². The van der Waals surface area contributed by atoms with Crippen LogP contribution >= 0.6 is 0 Å². The van der Waals surface area contributed by atoms with Crippen molar-refractivity contribution in [2.45, 2.75) is 19.5 Å². The SMILES string of the molecule is Fc1ccc(CNCCCn2cccn2)c(F)c1. The smallest absolute Gasteiger partial charge is 0.130 e. The first-order chi connectivity index (χ1) is 8.75. The number of aryl methyl sites for hydroxylation is 1. The molecule has 0 radical (unpaired) electrons. The maximum Gasteiger partial charge on any atom is 0.130 e. The lowest BCUT2D eigenvalue weighted by molar-refractivity contribution is 0.529. The summed E-state index contributed by atoms with van der Waals surface area (Å²) in [5.41, 5.74) is 0.482. The van der Waals surface area contributed by atoms with Gasteiger partial charge in [0.15, 0.2) is 0 Å². The van der Waals surface area contributed by atoms with Crippen molar-refractivity contribution in [3.05, 3.63) is 53.9 Å². The fourth-order valence-corrected chi connectivity index (χ4v) is 1.69. The van der Waals surface area contributed by atoms with Crippen molar-refractivity contribution in [3.63, 3.8) is 0 Å². The van der Waals surface area contributed by atoms with Crippen LogP contribution in [0.3, 0.4) is 0 Å². The highest BCUT2D eigenvalue weighted by Crippen LogP contribution is 2.08. The summed E-state index contributed by atoms with van der Waals surface area (Å²) < 4.78 is 27.8. The Hall–Kier alpha value is -1.75. The Morgan fingerprint density at radius 2 is 2.17 bits per heavy atom. The summed E-state index contributed by atoms with van der Waals surface area (Å²) >= 11 is 0. The van der Waals surface area contributed by atoms with Gasteiger partial charge in [-0.25, -0.2) is 8.78 Å². The number of rotatable bonds is 6. The molecule has 0 aliphatic heterocycles. The van der Waals surface area contributed by atoms with Gasteiger partial charge >= 0.3 is 0 Å². The van der Waals surface area contributed by atoms with Gasteiger partial charge in [-0.3, -0.25) is 4.68 Å². The van der Waals surface area contributed by atoms with Gasteiger partial charge in [-0.05, 0) is 25.1 Å². The van der Waals surface area contributed by atoms with Crippen molar-refractivity contribution in [2.24, 2.45) is 0 Å². The van der Waals surface area contributed by atoms with Gasteiger partial charge in [0.05, 0.1) is 0 Å². The van der Waals surface area contributed by atoms with E-state index < -0.39 is 11.6 Å². The molecule has 0 saturated carbocycles. The van der Waals surface area contributed by atoms with E-state index in [2.05, 4.69) is 10.4 Å². The molecule has 0 atom stereocenters. The number of nitrogens with zero attached hydrogens (tertiary/aromatic N) is 2. The molecule has 1 aromatic heterocycles. The molecule has 0 aliphatic carbocycles. The molecule has 2 aromatic rings. The van der Waals surface area contributed by atoms with Crippen molar-refractivity contribution >= 4 is 0 Å². The Balaban J connectivity index is 1.69. The lowest BCUT2D eigenvalue weighted by Crippen LogP contribution is -2.17. The summed E-state index contributed by atoms with van der Waals surface area (Å²) in [6.45, 7) is 1.99. The van der Waals surface area contributed by atoms with E-state index >= 15 is 0 Å². The third-order valence-corrected chi connectivity index (χ3v) is 2.63. The molecule has 18 heavy (non-hydrogen) atoms. The van der Waals surface area contributed by atoms with Gasteiger partial charge in [-0.15, -0.1) is 0 Å². The van der Waals surface area contributed by atoms with E-state index in [1.807, 2.05) is 16.9 Å². The molecule has 0 spiro atoms. The highest BCUT2D eigenvalue weighted by atomic mass is 19.1. The van der Waals surface area contributed by atoms with E-state index in [0.717, 1.165) is 25.6 Å². The molecule has 0 saturated heterocycles. The summed E-state index contributed by atoms with van der Waals surface area (Å²) in [6, 6.07) is 5.51. The zero-order chi connectivity index (χ0) is 12.8. The fourth-order valence-electron chi connectivity index (χ4n) is 1.69. The molecule has 0 amide bonds. The predicted molar refractivity (Wildman–Crippen MR) is 64.9 cm³/mol. The number of nitrogens with one attached hydrogen (secondary N) is 1. The van der Waals surface area contributed by atoms with E-state index in [0.29, 0.717) is 12.1 Å². The summed E-state index contributed by atoms with van der Waals surface area (Å²) in [5, 5.41) is 7.20. The molecule has 0 bridgehead atoms. The monoisotopic (exact) mass is 251 g/mol. The molecule has 1 N–H and O–H groups in total. The molecular weight excluding hydrogens is 236 g/mol. The first-order valence-corrected chi connectivity index (χ1v) is 5.88. The maximum absolute atomic E-state index is 13.3. The standard InChI is InChI=1S/C13H15F2N3/c14-12-4-3-11(13(15)9-12)10-16-5-1-7-18-8-2-6-17-18/h2-4,6,8-9,16H,1,5,7,10H2. The Morgan fingerprint density at radius 3 is 2.89 bits per heavy atom. The minimum atomic E-state index is -0.546. The van der Waals surface area contributed by atoms with Crippen molar-refractivity contribution < 1.29 is 8.78 Å². The van der Waals surface area contributed by atoms with Crippen LogP contribution in [0.5, 0.6) is 0 Å². The Morgan fingerprint density at radius 1 is 1.28 bits per heavy atom. The van der Waals surface area contributed by atoms with E-state index in [1.54, 1.807) is 6.20 Å². The second-order valence-electron chi connectivity index (χ2n) is 4.04. The largest absolute Gasteiger partial charge is 0.312 e. The first kappa shape index (κ1) is 12.7. The van der Waals surface area contributed by atoms with Gasteiger partial charge in [0.25, 0.3) is 0 Å². The number of hydrogen-bond acceptors (Lipinski definition) is 2. The van der Waals surface area contributed by atoms with E-state index in [1.165, 1.54) is 12.1 Å². The van der Waals surface area contributed by atoms with Crippen LogP contribution in [0.1, 0.15) is 12.0 Å². The molecule has 0 fully saturated rings. The molecule has 1 aromatic carbocycles. The van der Waals surface area contributed by atoms with Crippen molar-refractivity contribution in [1.82, 2.24) is 15.1 Å². The highest BCUT2D eigenvalue weighted by molar-refractivity contribution is 5.18. The summed E-state index contributed by atoms with van der Waals surface area (Å²) in [6.07, 6.45) is 4.55. The molecule has 3 nitrogen and oxygen atoms in total. The minimum absolute atomic E-state index is 0.408. The zero-order valence-corrected chi connectivity index (χ0v) is 9.94. The first-order valence-electron chi connectivity index (χ1n) is 5.88. The molecule has 2 rings (SSSR count). The van der Waals surface area contributed by atoms with Gasteiger partial charge in [0.2, 0.25) is 0 Å². The minimum Gasteiger partial charge on any atom is -0.312 e. The lowest BCUT2D eigenvalue weighted by atomic mass is 10.2. The third-order valence-electron chi connectivity index (χ3n) is 2.63. The summed E-state index contributed by atoms with van der Waals surface area (Å²) in [7, 11) is 0. The molecule has 5 heteroatoms. The van der Waals surface area contributed by atoms with E-state index in [-0.39, 0.29) is 0 Å². The lowest BCUT2D eigenvalue weighted by Gasteiger charge is -2.06. The van der Waals surface area contributed by atoms with Gasteiger partial charge in [0.1, 0.15) is 11.6 Å². The summed E-state index contributed by atoms with van der Waals surface area (Å²) in [4.78, 5) is 0. The van der Waals surface area contributed by atoms with Crippen LogP contribution in [0.4, 0.5) is 8.78 Å². The molecular formula is C13H15F2N3. The van der Waals surface area contributed by atoms with Crippen molar-refractivity contribution in [1.29, 1.82) is 0 Å². The van der Waals surface area contributed by atoms with Gasteiger partial charge < -0.3 is 5.32 Å². The van der Waals surface area contributed by atoms with Gasteiger partial charge in [-0.2, -0.15) is 5.10 Å². The van der Waals surface area contributed by atoms with Crippen LogP contribution in [0.15, 0.2) is 36.7 Å². The molecule has 0 aliphatic rings. The van der Waals surface area contributed by atoms with Crippen molar-refractivity contribution in [3.8, 4) is 0 Å². The van der Waals surface area contributed by atoms with E-state index in [4.69, 9.17) is 0 Å². The topological polar surface area (TPSA) is 29.9 Å². The fraction of sp³-hybridized carbons (Fsp3) is 0.308. The maximum atomic E-state index is 13.3. The van der Waals surface area contributed by atoms with Crippen LogP contribution in [-0.4, -0.2) is 16.3 Å². The van der Waals surface area contributed by atoms with Crippen LogP contribution in [0.2, 0.25) is 0 Å². The second-order valence-corrected chi connectivity index (χ2v) is 4.04.